The zero-order chi connectivity index (χ0) is 20.0. The lowest BCUT2D eigenvalue weighted by molar-refractivity contribution is -0.385. The van der Waals surface area contributed by atoms with Crippen LogP contribution < -0.4 is 10.2 Å². The van der Waals surface area contributed by atoms with E-state index < -0.39 is 10.8 Å². The van der Waals surface area contributed by atoms with Gasteiger partial charge in [0.25, 0.3) is 11.6 Å². The predicted octanol–water partition coefficient (Wildman–Crippen LogP) is 4.32. The van der Waals surface area contributed by atoms with Gasteiger partial charge in [0.05, 0.1) is 16.7 Å². The summed E-state index contributed by atoms with van der Waals surface area (Å²) in [4.78, 5) is 22.4. The van der Waals surface area contributed by atoms with Crippen LogP contribution in [0.3, 0.4) is 0 Å². The highest BCUT2D eigenvalue weighted by Gasteiger charge is 2.13. The highest BCUT2D eigenvalue weighted by molar-refractivity contribution is 9.10. The number of hydrogen-bond acceptors (Lipinski definition) is 5. The fraction of sp³-hybridized carbons (Fsp3) is 0.263. The minimum atomic E-state index is -0.504. The zero-order valence-electron chi connectivity index (χ0n) is 15.2. The van der Waals surface area contributed by atoms with Crippen molar-refractivity contribution in [2.24, 2.45) is 5.10 Å². The van der Waals surface area contributed by atoms with Crippen molar-refractivity contribution in [3.8, 4) is 5.75 Å². The maximum atomic E-state index is 12.0. The molecule has 0 heterocycles. The molecule has 0 unspecified atom stereocenters. The number of nitrogens with zero attached hydrogens (tertiary/aromatic N) is 2. The molecule has 142 valence electrons. The fourth-order valence-corrected chi connectivity index (χ4v) is 2.72. The van der Waals surface area contributed by atoms with E-state index in [4.69, 9.17) is 4.74 Å². The predicted molar refractivity (Wildman–Crippen MR) is 107 cm³/mol. The molecule has 0 atom stereocenters. The molecule has 2 rings (SSSR count). The van der Waals surface area contributed by atoms with E-state index in [9.17, 15) is 14.9 Å². The summed E-state index contributed by atoms with van der Waals surface area (Å²) >= 11 is 3.50. The van der Waals surface area contributed by atoms with Crippen LogP contribution in [0.2, 0.25) is 0 Å². The van der Waals surface area contributed by atoms with E-state index in [1.165, 1.54) is 12.3 Å². The smallest absolute Gasteiger partial charge is 0.278 e. The zero-order valence-corrected chi connectivity index (χ0v) is 16.8. The van der Waals surface area contributed by atoms with Crippen molar-refractivity contribution in [3.63, 3.8) is 0 Å². The van der Waals surface area contributed by atoms with Gasteiger partial charge in [-0.2, -0.15) is 5.10 Å². The van der Waals surface area contributed by atoms with Gasteiger partial charge in [0.15, 0.2) is 6.61 Å². The van der Waals surface area contributed by atoms with E-state index >= 15 is 0 Å². The van der Waals surface area contributed by atoms with Gasteiger partial charge in [-0.15, -0.1) is 0 Å². The minimum absolute atomic E-state index is 0.0846. The first-order chi connectivity index (χ1) is 12.8. The number of nitrogens with one attached hydrogen (secondary N) is 1. The quantitative estimate of drug-likeness (QED) is 0.399. The van der Waals surface area contributed by atoms with Crippen molar-refractivity contribution in [3.05, 3.63) is 67.7 Å². The monoisotopic (exact) mass is 433 g/mol. The lowest BCUT2D eigenvalue weighted by atomic mass is 10.0. The minimum Gasteiger partial charge on any atom is -0.483 e. The van der Waals surface area contributed by atoms with Gasteiger partial charge in [0, 0.05) is 10.5 Å². The number of para-hydroxylation sites is 1. The van der Waals surface area contributed by atoms with Crippen LogP contribution in [-0.4, -0.2) is 23.7 Å². The standard InChI is InChI=1S/C19H20BrN3O4/c1-12(2)15-9-16(20)13(3)8-18(15)27-11-19(24)22-21-10-14-6-4-5-7-17(14)23(25)26/h4-10,12H,11H2,1-3H3,(H,22,24)/b21-10+. The average molecular weight is 434 g/mol. The number of hydrogen-bond donors (Lipinski definition) is 1. The number of aryl methyl sites for hydroxylation is 1. The first kappa shape index (κ1) is 20.6. The van der Waals surface area contributed by atoms with Gasteiger partial charge in [-0.3, -0.25) is 14.9 Å². The van der Waals surface area contributed by atoms with Crippen LogP contribution in [0.15, 0.2) is 46.0 Å². The molecule has 0 saturated carbocycles. The van der Waals surface area contributed by atoms with Crippen LogP contribution in [-0.2, 0) is 4.79 Å². The number of amides is 1. The fourth-order valence-electron chi connectivity index (χ4n) is 2.36. The Hall–Kier alpha value is -2.74. The van der Waals surface area contributed by atoms with Gasteiger partial charge in [-0.05, 0) is 42.2 Å². The average Bonchev–Trinajstić information content (AvgIpc) is 2.62. The Kier molecular flexibility index (Phi) is 7.06. The summed E-state index contributed by atoms with van der Waals surface area (Å²) in [6.45, 7) is 5.81. The second-order valence-corrected chi connectivity index (χ2v) is 7.05. The largest absolute Gasteiger partial charge is 0.483 e. The maximum Gasteiger partial charge on any atom is 0.278 e. The van der Waals surface area contributed by atoms with Gasteiger partial charge in [-0.1, -0.05) is 41.9 Å². The molecule has 7 nitrogen and oxygen atoms in total. The summed E-state index contributed by atoms with van der Waals surface area (Å²) in [5, 5.41) is 14.7. The third-order valence-electron chi connectivity index (χ3n) is 3.80. The van der Waals surface area contributed by atoms with Gasteiger partial charge in [0.2, 0.25) is 0 Å². The molecule has 0 aromatic heterocycles. The van der Waals surface area contributed by atoms with Gasteiger partial charge >= 0.3 is 0 Å². The highest BCUT2D eigenvalue weighted by atomic mass is 79.9. The summed E-state index contributed by atoms with van der Waals surface area (Å²) in [5.41, 5.74) is 4.53. The Labute approximate surface area is 165 Å². The van der Waals surface area contributed by atoms with E-state index in [2.05, 4.69) is 26.5 Å². The van der Waals surface area contributed by atoms with E-state index in [1.54, 1.807) is 18.2 Å². The van der Waals surface area contributed by atoms with Crippen molar-refractivity contribution in [1.29, 1.82) is 0 Å². The second-order valence-electron chi connectivity index (χ2n) is 6.19. The van der Waals surface area contributed by atoms with Crippen molar-refractivity contribution >= 4 is 33.7 Å². The summed E-state index contributed by atoms with van der Waals surface area (Å²) in [7, 11) is 0. The summed E-state index contributed by atoms with van der Waals surface area (Å²) in [5.74, 6) is 0.417. The Balaban J connectivity index is 2.00. The Bertz CT molecular complexity index is 881. The Morgan fingerprint density at radius 2 is 2.07 bits per heavy atom. The molecule has 0 aliphatic heterocycles. The molecular weight excluding hydrogens is 414 g/mol. The van der Waals surface area contributed by atoms with Crippen LogP contribution in [0.25, 0.3) is 0 Å². The number of hydrazone groups is 1. The third kappa shape index (κ3) is 5.62. The maximum absolute atomic E-state index is 12.0. The molecule has 8 heteroatoms. The Morgan fingerprint density at radius 3 is 2.74 bits per heavy atom. The van der Waals surface area contributed by atoms with E-state index in [0.29, 0.717) is 11.3 Å². The van der Waals surface area contributed by atoms with Gasteiger partial charge in [0.1, 0.15) is 5.75 Å². The molecular formula is C19H20BrN3O4. The molecule has 0 aliphatic rings. The third-order valence-corrected chi connectivity index (χ3v) is 4.65. The van der Waals surface area contributed by atoms with Crippen LogP contribution in [0.4, 0.5) is 5.69 Å². The molecule has 27 heavy (non-hydrogen) atoms. The first-order valence-corrected chi connectivity index (χ1v) is 9.07. The number of rotatable bonds is 7. The van der Waals surface area contributed by atoms with Crippen molar-refractivity contribution in [2.45, 2.75) is 26.7 Å². The molecule has 0 saturated heterocycles. The lowest BCUT2D eigenvalue weighted by Gasteiger charge is -2.15. The SMILES string of the molecule is Cc1cc(OCC(=O)N/N=C/c2ccccc2[N+](=O)[O-])c(C(C)C)cc1Br. The number of nitro benzene ring substituents is 1. The molecule has 0 spiro atoms. The van der Waals surface area contributed by atoms with Crippen LogP contribution in [0, 0.1) is 17.0 Å². The number of halogens is 1. The van der Waals surface area contributed by atoms with Crippen molar-refractivity contribution in [2.75, 3.05) is 6.61 Å². The molecule has 0 bridgehead atoms. The second kappa shape index (κ2) is 9.27. The number of carbonyl (C=O) groups is 1. The molecule has 1 N–H and O–H groups in total. The molecule has 0 radical (unpaired) electrons. The van der Waals surface area contributed by atoms with E-state index in [1.807, 2.05) is 32.9 Å². The summed E-state index contributed by atoms with van der Waals surface area (Å²) in [6, 6.07) is 10.00. The lowest BCUT2D eigenvalue weighted by Crippen LogP contribution is -2.25. The van der Waals surface area contributed by atoms with Crippen molar-refractivity contribution in [1.82, 2.24) is 5.43 Å². The molecule has 2 aromatic rings. The van der Waals surface area contributed by atoms with Crippen LogP contribution in [0.1, 0.15) is 36.5 Å². The number of nitro groups is 1. The van der Waals surface area contributed by atoms with Gasteiger partial charge < -0.3 is 4.74 Å². The van der Waals surface area contributed by atoms with Crippen LogP contribution in [0.5, 0.6) is 5.75 Å². The first-order valence-electron chi connectivity index (χ1n) is 8.27. The number of ether oxygens (including phenoxy) is 1. The Morgan fingerprint density at radius 1 is 1.37 bits per heavy atom. The molecule has 1 amide bonds. The summed E-state index contributed by atoms with van der Waals surface area (Å²) < 4.78 is 6.63. The molecule has 0 fully saturated rings. The van der Waals surface area contributed by atoms with Crippen LogP contribution >= 0.6 is 15.9 Å². The molecule has 2 aromatic carbocycles. The van der Waals surface area contributed by atoms with Crippen molar-refractivity contribution < 1.29 is 14.5 Å². The van der Waals surface area contributed by atoms with E-state index in [0.717, 1.165) is 15.6 Å². The molecule has 0 aliphatic carbocycles. The van der Waals surface area contributed by atoms with Gasteiger partial charge in [-0.25, -0.2) is 5.43 Å². The summed E-state index contributed by atoms with van der Waals surface area (Å²) in [6.07, 6.45) is 1.24. The number of carbonyl (C=O) groups excluding carboxylic acids is 1. The normalized spacial score (nSPS) is 11.0. The topological polar surface area (TPSA) is 93.8 Å². The van der Waals surface area contributed by atoms with E-state index in [-0.39, 0.29) is 18.2 Å². The number of benzene rings is 2. The highest BCUT2D eigenvalue weighted by Crippen LogP contribution is 2.32.